The lowest BCUT2D eigenvalue weighted by atomic mass is 10.2. The van der Waals surface area contributed by atoms with Gasteiger partial charge in [-0.05, 0) is 25.3 Å². The summed E-state index contributed by atoms with van der Waals surface area (Å²) in [7, 11) is 1.71. The standard InChI is InChI=1S/C10H14FN3O/c1-14-9(4-5-12-14)10(15)13-8-3-2-7(11)6-8/h4-5,7-8H,2-3,6H2,1H3,(H,13,15)/t7-,8+/m0/s1. The van der Waals surface area contributed by atoms with Crippen LogP contribution in [0.1, 0.15) is 29.8 Å². The average molecular weight is 211 g/mol. The summed E-state index contributed by atoms with van der Waals surface area (Å²) < 4.78 is 14.4. The molecule has 5 heteroatoms. The van der Waals surface area contributed by atoms with Gasteiger partial charge in [0.2, 0.25) is 0 Å². The lowest BCUT2D eigenvalue weighted by Gasteiger charge is -2.11. The van der Waals surface area contributed by atoms with Crippen LogP contribution < -0.4 is 5.32 Å². The molecule has 4 nitrogen and oxygen atoms in total. The van der Waals surface area contributed by atoms with Gasteiger partial charge in [-0.1, -0.05) is 0 Å². The van der Waals surface area contributed by atoms with Crippen LogP contribution >= 0.6 is 0 Å². The lowest BCUT2D eigenvalue weighted by molar-refractivity contribution is 0.0927. The van der Waals surface area contributed by atoms with Crippen molar-refractivity contribution in [3.05, 3.63) is 18.0 Å². The first-order valence-electron chi connectivity index (χ1n) is 5.10. The molecule has 1 aliphatic rings. The Bertz CT molecular complexity index is 363. The Hall–Kier alpha value is -1.39. The minimum atomic E-state index is -0.762. The van der Waals surface area contributed by atoms with Crippen molar-refractivity contribution in [2.45, 2.75) is 31.5 Å². The summed E-state index contributed by atoms with van der Waals surface area (Å²) in [6.07, 6.45) is 2.52. The van der Waals surface area contributed by atoms with E-state index in [-0.39, 0.29) is 11.9 Å². The molecular formula is C10H14FN3O. The zero-order valence-corrected chi connectivity index (χ0v) is 8.61. The van der Waals surface area contributed by atoms with Crippen molar-refractivity contribution in [2.75, 3.05) is 0 Å². The number of amides is 1. The Morgan fingerprint density at radius 1 is 1.67 bits per heavy atom. The van der Waals surface area contributed by atoms with Crippen LogP contribution in [0.3, 0.4) is 0 Å². The van der Waals surface area contributed by atoms with E-state index in [2.05, 4.69) is 10.4 Å². The highest BCUT2D eigenvalue weighted by Crippen LogP contribution is 2.21. The van der Waals surface area contributed by atoms with Crippen LogP contribution in [0.5, 0.6) is 0 Å². The number of nitrogens with zero attached hydrogens (tertiary/aromatic N) is 2. The van der Waals surface area contributed by atoms with Crippen LogP contribution in [0.4, 0.5) is 4.39 Å². The van der Waals surface area contributed by atoms with Crippen molar-refractivity contribution in [3.63, 3.8) is 0 Å². The molecule has 1 saturated carbocycles. The fourth-order valence-corrected chi connectivity index (χ4v) is 1.91. The number of aryl methyl sites for hydroxylation is 1. The van der Waals surface area contributed by atoms with E-state index >= 15 is 0 Å². The third kappa shape index (κ3) is 2.16. The zero-order chi connectivity index (χ0) is 10.8. The number of rotatable bonds is 2. The van der Waals surface area contributed by atoms with E-state index < -0.39 is 6.17 Å². The molecule has 0 saturated heterocycles. The van der Waals surface area contributed by atoms with E-state index in [1.54, 1.807) is 19.3 Å². The van der Waals surface area contributed by atoms with Gasteiger partial charge in [0.15, 0.2) is 0 Å². The maximum Gasteiger partial charge on any atom is 0.269 e. The molecule has 1 fully saturated rings. The molecule has 0 spiro atoms. The van der Waals surface area contributed by atoms with Crippen molar-refractivity contribution >= 4 is 5.91 Å². The van der Waals surface area contributed by atoms with Crippen molar-refractivity contribution in [1.82, 2.24) is 15.1 Å². The highest BCUT2D eigenvalue weighted by Gasteiger charge is 2.26. The highest BCUT2D eigenvalue weighted by molar-refractivity contribution is 5.92. The maximum atomic E-state index is 12.9. The first-order valence-corrected chi connectivity index (χ1v) is 5.10. The molecule has 0 aliphatic heterocycles. The van der Waals surface area contributed by atoms with Crippen LogP contribution in [-0.2, 0) is 7.05 Å². The van der Waals surface area contributed by atoms with Crippen LogP contribution in [0.15, 0.2) is 12.3 Å². The van der Waals surface area contributed by atoms with Crippen molar-refractivity contribution in [2.24, 2.45) is 7.05 Å². The summed E-state index contributed by atoms with van der Waals surface area (Å²) in [5.41, 5.74) is 0.511. The van der Waals surface area contributed by atoms with Crippen LogP contribution in [0, 0.1) is 0 Å². The molecular weight excluding hydrogens is 197 g/mol. The van der Waals surface area contributed by atoms with Gasteiger partial charge in [-0.3, -0.25) is 9.48 Å². The second kappa shape index (κ2) is 4.00. The first kappa shape index (κ1) is 10.1. The SMILES string of the molecule is Cn1nccc1C(=O)N[C@@H]1CC[C@H](F)C1. The molecule has 1 amide bonds. The van der Waals surface area contributed by atoms with Crippen LogP contribution in [0.2, 0.25) is 0 Å². The molecule has 0 bridgehead atoms. The average Bonchev–Trinajstić information content (AvgIpc) is 2.75. The predicted octanol–water partition coefficient (Wildman–Crippen LogP) is 1.04. The molecule has 0 radical (unpaired) electrons. The quantitative estimate of drug-likeness (QED) is 0.794. The largest absolute Gasteiger partial charge is 0.348 e. The number of halogens is 1. The number of hydrogen-bond donors (Lipinski definition) is 1. The van der Waals surface area contributed by atoms with E-state index in [4.69, 9.17) is 0 Å². The third-order valence-corrected chi connectivity index (χ3v) is 2.76. The number of hydrogen-bond acceptors (Lipinski definition) is 2. The fraction of sp³-hybridized carbons (Fsp3) is 0.600. The number of nitrogens with one attached hydrogen (secondary N) is 1. The summed E-state index contributed by atoms with van der Waals surface area (Å²) >= 11 is 0. The van der Waals surface area contributed by atoms with Gasteiger partial charge in [0.05, 0.1) is 0 Å². The van der Waals surface area contributed by atoms with Crippen LogP contribution in [-0.4, -0.2) is 27.9 Å². The van der Waals surface area contributed by atoms with Gasteiger partial charge in [0, 0.05) is 19.3 Å². The summed E-state index contributed by atoms with van der Waals surface area (Å²) in [6, 6.07) is 1.62. The Morgan fingerprint density at radius 2 is 2.47 bits per heavy atom. The summed E-state index contributed by atoms with van der Waals surface area (Å²) in [5.74, 6) is -0.172. The van der Waals surface area contributed by atoms with Crippen molar-refractivity contribution in [3.8, 4) is 0 Å². The van der Waals surface area contributed by atoms with Crippen molar-refractivity contribution < 1.29 is 9.18 Å². The molecule has 0 unspecified atom stereocenters. The van der Waals surface area contributed by atoms with Gasteiger partial charge in [0.25, 0.3) is 5.91 Å². The minimum Gasteiger partial charge on any atom is -0.348 e. The Kier molecular flexibility index (Phi) is 2.70. The Balaban J connectivity index is 1.96. The lowest BCUT2D eigenvalue weighted by Crippen LogP contribution is -2.34. The smallest absolute Gasteiger partial charge is 0.269 e. The fourth-order valence-electron chi connectivity index (χ4n) is 1.91. The topological polar surface area (TPSA) is 46.9 Å². The van der Waals surface area contributed by atoms with E-state index in [0.29, 0.717) is 18.5 Å². The molecule has 15 heavy (non-hydrogen) atoms. The summed E-state index contributed by atoms with van der Waals surface area (Å²) in [4.78, 5) is 11.7. The van der Waals surface area contributed by atoms with E-state index in [0.717, 1.165) is 6.42 Å². The van der Waals surface area contributed by atoms with Crippen molar-refractivity contribution in [1.29, 1.82) is 0 Å². The second-order valence-electron chi connectivity index (χ2n) is 3.92. The third-order valence-electron chi connectivity index (χ3n) is 2.76. The molecule has 2 atom stereocenters. The van der Waals surface area contributed by atoms with E-state index in [9.17, 15) is 9.18 Å². The second-order valence-corrected chi connectivity index (χ2v) is 3.92. The monoisotopic (exact) mass is 211 g/mol. The molecule has 2 rings (SSSR count). The molecule has 0 aromatic carbocycles. The molecule has 1 aliphatic carbocycles. The zero-order valence-electron chi connectivity index (χ0n) is 8.61. The predicted molar refractivity (Wildman–Crippen MR) is 53.2 cm³/mol. The Morgan fingerprint density at radius 3 is 3.00 bits per heavy atom. The van der Waals surface area contributed by atoms with Gasteiger partial charge in [-0.25, -0.2) is 4.39 Å². The molecule has 1 heterocycles. The number of aromatic nitrogens is 2. The minimum absolute atomic E-state index is 0.0256. The molecule has 1 aromatic rings. The van der Waals surface area contributed by atoms with E-state index in [1.807, 2.05) is 0 Å². The number of carbonyl (C=O) groups is 1. The van der Waals surface area contributed by atoms with Gasteiger partial charge in [0.1, 0.15) is 11.9 Å². The number of carbonyl (C=O) groups excluding carboxylic acids is 1. The Labute approximate surface area is 87.5 Å². The van der Waals surface area contributed by atoms with E-state index in [1.165, 1.54) is 4.68 Å². The molecule has 82 valence electrons. The molecule has 1 N–H and O–H groups in total. The maximum absolute atomic E-state index is 12.9. The summed E-state index contributed by atoms with van der Waals surface area (Å²) in [5, 5.41) is 6.72. The van der Waals surface area contributed by atoms with Crippen LogP contribution in [0.25, 0.3) is 0 Å². The summed E-state index contributed by atoms with van der Waals surface area (Å²) in [6.45, 7) is 0. The van der Waals surface area contributed by atoms with Gasteiger partial charge >= 0.3 is 0 Å². The van der Waals surface area contributed by atoms with Gasteiger partial charge in [-0.15, -0.1) is 0 Å². The first-order chi connectivity index (χ1) is 7.16. The molecule has 1 aromatic heterocycles. The number of alkyl halides is 1. The van der Waals surface area contributed by atoms with Gasteiger partial charge < -0.3 is 5.32 Å². The normalized spacial score (nSPS) is 25.5. The van der Waals surface area contributed by atoms with Gasteiger partial charge in [-0.2, -0.15) is 5.10 Å². The highest BCUT2D eigenvalue weighted by atomic mass is 19.1.